The van der Waals surface area contributed by atoms with Gasteiger partial charge in [-0.2, -0.15) is 0 Å². The van der Waals surface area contributed by atoms with Crippen LogP contribution in [0.2, 0.25) is 0 Å². The number of pyridine rings is 2. The average molecular weight is 216 g/mol. The van der Waals surface area contributed by atoms with E-state index in [2.05, 4.69) is 9.97 Å². The number of nitrogen functional groups attached to an aromatic ring is 1. The van der Waals surface area contributed by atoms with Gasteiger partial charge in [-0.25, -0.2) is 4.98 Å². The normalized spacial score (nSPS) is 10.0. The van der Waals surface area contributed by atoms with Crippen LogP contribution in [0.3, 0.4) is 0 Å². The smallest absolute Gasteiger partial charge is 0.311 e. The summed E-state index contributed by atoms with van der Waals surface area (Å²) in [5.41, 5.74) is 6.67. The van der Waals surface area contributed by atoms with Crippen LogP contribution in [-0.4, -0.2) is 14.9 Å². The molecule has 0 amide bonds. The SMILES string of the molecule is Nc1ncc(-c2ccncc2)cc1[N+](=O)[O-]. The van der Waals surface area contributed by atoms with Gasteiger partial charge in [-0.05, 0) is 17.7 Å². The minimum absolute atomic E-state index is 0.0807. The van der Waals surface area contributed by atoms with Crippen LogP contribution in [0.4, 0.5) is 11.5 Å². The number of rotatable bonds is 2. The van der Waals surface area contributed by atoms with Crippen LogP contribution in [0.1, 0.15) is 0 Å². The Kier molecular flexibility index (Phi) is 2.47. The molecule has 2 rings (SSSR count). The van der Waals surface area contributed by atoms with E-state index in [1.807, 2.05) is 0 Å². The monoisotopic (exact) mass is 216 g/mol. The zero-order valence-electron chi connectivity index (χ0n) is 8.20. The highest BCUT2D eigenvalue weighted by Gasteiger charge is 2.13. The number of nitro groups is 1. The van der Waals surface area contributed by atoms with Crippen molar-refractivity contribution in [2.75, 3.05) is 5.73 Å². The molecule has 0 radical (unpaired) electrons. The first-order valence-electron chi connectivity index (χ1n) is 4.49. The molecule has 6 nitrogen and oxygen atoms in total. The van der Waals surface area contributed by atoms with Crippen LogP contribution >= 0.6 is 0 Å². The molecule has 0 unspecified atom stereocenters. The van der Waals surface area contributed by atoms with E-state index in [0.717, 1.165) is 5.56 Å². The first-order chi connectivity index (χ1) is 7.68. The van der Waals surface area contributed by atoms with Gasteiger partial charge in [-0.15, -0.1) is 0 Å². The van der Waals surface area contributed by atoms with Gasteiger partial charge in [0.25, 0.3) is 0 Å². The van der Waals surface area contributed by atoms with Crippen molar-refractivity contribution in [3.05, 3.63) is 46.9 Å². The number of hydrogen-bond acceptors (Lipinski definition) is 5. The molecule has 0 spiro atoms. The summed E-state index contributed by atoms with van der Waals surface area (Å²) < 4.78 is 0. The van der Waals surface area contributed by atoms with E-state index >= 15 is 0 Å². The molecule has 0 saturated carbocycles. The molecule has 0 atom stereocenters. The number of nitrogens with zero attached hydrogens (tertiary/aromatic N) is 3. The molecule has 6 heteroatoms. The molecule has 2 heterocycles. The Morgan fingerprint density at radius 2 is 1.94 bits per heavy atom. The molecule has 0 aliphatic heterocycles. The van der Waals surface area contributed by atoms with Gasteiger partial charge in [-0.3, -0.25) is 15.1 Å². The van der Waals surface area contributed by atoms with Crippen molar-refractivity contribution in [2.24, 2.45) is 0 Å². The molecular weight excluding hydrogens is 208 g/mol. The van der Waals surface area contributed by atoms with Crippen molar-refractivity contribution in [3.63, 3.8) is 0 Å². The molecule has 0 saturated heterocycles. The van der Waals surface area contributed by atoms with Crippen molar-refractivity contribution in [2.45, 2.75) is 0 Å². The van der Waals surface area contributed by atoms with Gasteiger partial charge in [0.1, 0.15) is 0 Å². The Hall–Kier alpha value is -2.50. The van der Waals surface area contributed by atoms with E-state index in [0.29, 0.717) is 5.56 Å². The van der Waals surface area contributed by atoms with Crippen LogP contribution in [0.25, 0.3) is 11.1 Å². The molecule has 80 valence electrons. The van der Waals surface area contributed by atoms with Gasteiger partial charge in [0.2, 0.25) is 5.82 Å². The number of nitrogens with two attached hydrogens (primary N) is 1. The van der Waals surface area contributed by atoms with Gasteiger partial charge < -0.3 is 5.73 Å². The van der Waals surface area contributed by atoms with E-state index < -0.39 is 4.92 Å². The van der Waals surface area contributed by atoms with Crippen LogP contribution in [0.15, 0.2) is 36.8 Å². The maximum absolute atomic E-state index is 10.7. The third kappa shape index (κ3) is 1.81. The highest BCUT2D eigenvalue weighted by molar-refractivity contribution is 5.68. The summed E-state index contributed by atoms with van der Waals surface area (Å²) in [7, 11) is 0. The van der Waals surface area contributed by atoms with Gasteiger partial charge in [-0.1, -0.05) is 0 Å². The minimum Gasteiger partial charge on any atom is -0.378 e. The Morgan fingerprint density at radius 1 is 1.25 bits per heavy atom. The van der Waals surface area contributed by atoms with Crippen LogP contribution in [0, 0.1) is 10.1 Å². The third-order valence-corrected chi connectivity index (χ3v) is 2.11. The van der Waals surface area contributed by atoms with Gasteiger partial charge >= 0.3 is 5.69 Å². The Balaban J connectivity index is 2.52. The summed E-state index contributed by atoms with van der Waals surface area (Å²) >= 11 is 0. The first kappa shape index (κ1) is 10.0. The third-order valence-electron chi connectivity index (χ3n) is 2.11. The van der Waals surface area contributed by atoms with Gasteiger partial charge in [0.05, 0.1) is 4.92 Å². The first-order valence-corrected chi connectivity index (χ1v) is 4.49. The predicted molar refractivity (Wildman–Crippen MR) is 58.5 cm³/mol. The molecular formula is C10H8N4O2. The van der Waals surface area contributed by atoms with Crippen molar-refractivity contribution in [1.29, 1.82) is 0 Å². The maximum atomic E-state index is 10.7. The number of anilines is 1. The van der Waals surface area contributed by atoms with Gasteiger partial charge in [0.15, 0.2) is 0 Å². The number of hydrogen-bond donors (Lipinski definition) is 1. The second-order valence-electron chi connectivity index (χ2n) is 3.12. The zero-order chi connectivity index (χ0) is 11.5. The Labute approximate surface area is 90.9 Å². The lowest BCUT2D eigenvalue weighted by Crippen LogP contribution is -1.98. The molecule has 0 aliphatic rings. The van der Waals surface area contributed by atoms with E-state index in [4.69, 9.17) is 5.73 Å². The molecule has 2 aromatic heterocycles. The summed E-state index contributed by atoms with van der Waals surface area (Å²) in [5, 5.41) is 10.7. The topological polar surface area (TPSA) is 94.9 Å². The summed E-state index contributed by atoms with van der Waals surface area (Å²) in [6.07, 6.45) is 4.71. The summed E-state index contributed by atoms with van der Waals surface area (Å²) in [4.78, 5) is 17.8. The quantitative estimate of drug-likeness (QED) is 0.608. The summed E-state index contributed by atoms with van der Waals surface area (Å²) in [5.74, 6) is -0.0807. The predicted octanol–water partition coefficient (Wildman–Crippen LogP) is 1.63. The fourth-order valence-corrected chi connectivity index (χ4v) is 1.31. The lowest BCUT2D eigenvalue weighted by atomic mass is 10.1. The van der Waals surface area contributed by atoms with E-state index in [-0.39, 0.29) is 11.5 Å². The molecule has 0 aliphatic carbocycles. The van der Waals surface area contributed by atoms with Crippen LogP contribution in [-0.2, 0) is 0 Å². The summed E-state index contributed by atoms with van der Waals surface area (Å²) in [6, 6.07) is 4.89. The van der Waals surface area contributed by atoms with Crippen LogP contribution < -0.4 is 5.73 Å². The van der Waals surface area contributed by atoms with Crippen molar-refractivity contribution >= 4 is 11.5 Å². The highest BCUT2D eigenvalue weighted by Crippen LogP contribution is 2.25. The summed E-state index contributed by atoms with van der Waals surface area (Å²) in [6.45, 7) is 0. The van der Waals surface area contributed by atoms with Crippen molar-refractivity contribution in [3.8, 4) is 11.1 Å². The fraction of sp³-hybridized carbons (Fsp3) is 0. The molecule has 16 heavy (non-hydrogen) atoms. The maximum Gasteiger partial charge on any atom is 0.311 e. The zero-order valence-corrected chi connectivity index (χ0v) is 8.20. The van der Waals surface area contributed by atoms with E-state index in [1.165, 1.54) is 12.3 Å². The second kappa shape index (κ2) is 3.93. The van der Waals surface area contributed by atoms with E-state index in [9.17, 15) is 10.1 Å². The minimum atomic E-state index is -0.549. The highest BCUT2D eigenvalue weighted by atomic mass is 16.6. The largest absolute Gasteiger partial charge is 0.378 e. The number of aromatic nitrogens is 2. The molecule has 2 aromatic rings. The molecule has 0 bridgehead atoms. The second-order valence-corrected chi connectivity index (χ2v) is 3.12. The van der Waals surface area contributed by atoms with Crippen molar-refractivity contribution in [1.82, 2.24) is 9.97 Å². The van der Waals surface area contributed by atoms with Crippen LogP contribution in [0.5, 0.6) is 0 Å². The van der Waals surface area contributed by atoms with Crippen molar-refractivity contribution < 1.29 is 4.92 Å². The molecule has 2 N–H and O–H groups in total. The van der Waals surface area contributed by atoms with E-state index in [1.54, 1.807) is 24.5 Å². The fourth-order valence-electron chi connectivity index (χ4n) is 1.31. The standard InChI is InChI=1S/C10H8N4O2/c11-10-9(14(15)16)5-8(6-13-10)7-1-3-12-4-2-7/h1-6H,(H2,11,13). The lowest BCUT2D eigenvalue weighted by Gasteiger charge is -2.01. The molecule has 0 fully saturated rings. The lowest BCUT2D eigenvalue weighted by molar-refractivity contribution is -0.384. The Morgan fingerprint density at radius 3 is 2.56 bits per heavy atom. The molecule has 0 aromatic carbocycles. The average Bonchev–Trinajstić information content (AvgIpc) is 2.30. The van der Waals surface area contributed by atoms with Gasteiger partial charge in [0, 0.05) is 30.2 Å². The Bertz CT molecular complexity index is 528.